The summed E-state index contributed by atoms with van der Waals surface area (Å²) in [4.78, 5) is 35.0. The van der Waals surface area contributed by atoms with E-state index in [1.165, 1.54) is 12.8 Å². The Kier molecular flexibility index (Phi) is 10.8. The van der Waals surface area contributed by atoms with Crippen LogP contribution in [0, 0.1) is 11.8 Å². The van der Waals surface area contributed by atoms with Crippen LogP contribution in [0.5, 0.6) is 0 Å². The first-order chi connectivity index (χ1) is 14.4. The molecule has 5 atom stereocenters. The predicted molar refractivity (Wildman–Crippen MR) is 121 cm³/mol. The Morgan fingerprint density at radius 3 is 2.50 bits per heavy atom. The normalized spacial score (nSPS) is 26.1. The van der Waals surface area contributed by atoms with Gasteiger partial charge in [0.1, 0.15) is 6.04 Å². The van der Waals surface area contributed by atoms with Crippen LogP contribution < -0.4 is 10.6 Å². The fourth-order valence-corrected chi connectivity index (χ4v) is 6.52. The van der Waals surface area contributed by atoms with Gasteiger partial charge in [-0.25, -0.2) is 0 Å². The van der Waals surface area contributed by atoms with Crippen molar-refractivity contribution in [2.24, 2.45) is 11.8 Å². The van der Waals surface area contributed by atoms with Gasteiger partial charge in [0, 0.05) is 29.9 Å². The Bertz CT molecular complexity index is 610. The molecule has 0 aromatic rings. The molecule has 170 valence electrons. The largest absolute Gasteiger partial charge is 0.481 e. The highest BCUT2D eigenvalue weighted by Gasteiger charge is 2.47. The van der Waals surface area contributed by atoms with Crippen molar-refractivity contribution in [1.29, 1.82) is 0 Å². The number of aliphatic carboxylic acids is 1. The molecule has 2 bridgehead atoms. The zero-order valence-electron chi connectivity index (χ0n) is 18.4. The summed E-state index contributed by atoms with van der Waals surface area (Å²) in [7, 11) is 0. The Balaban J connectivity index is 1.74. The summed E-state index contributed by atoms with van der Waals surface area (Å²) < 4.78 is 0. The fraction of sp³-hybridized carbons (Fsp3) is 0.783. The molecule has 6 nitrogen and oxygen atoms in total. The van der Waals surface area contributed by atoms with Crippen molar-refractivity contribution in [3.63, 3.8) is 0 Å². The maximum absolute atomic E-state index is 12.5. The summed E-state index contributed by atoms with van der Waals surface area (Å²) in [6.45, 7) is 4.52. The van der Waals surface area contributed by atoms with Crippen LogP contribution in [0.25, 0.3) is 0 Å². The lowest BCUT2D eigenvalue weighted by molar-refractivity contribution is -0.137. The van der Waals surface area contributed by atoms with Gasteiger partial charge < -0.3 is 15.7 Å². The number of carbonyl (C=O) groups is 3. The molecule has 0 aromatic carbocycles. The highest BCUT2D eigenvalue weighted by Crippen LogP contribution is 2.54. The van der Waals surface area contributed by atoms with Gasteiger partial charge in [0.2, 0.25) is 11.8 Å². The number of carboxylic acids is 1. The molecule has 2 heterocycles. The second-order valence-electron chi connectivity index (χ2n) is 8.60. The SMILES string of the molecule is CCCCCC(=O)NC(C)C(=O)NCC1C2CCC(S2)C1C/C=C\CCCC(=O)O. The number of rotatable bonds is 14. The van der Waals surface area contributed by atoms with Crippen LogP contribution in [0.15, 0.2) is 12.2 Å². The van der Waals surface area contributed by atoms with Crippen LogP contribution in [0.2, 0.25) is 0 Å². The first-order valence-electron chi connectivity index (χ1n) is 11.5. The molecular formula is C23H38N2O4S. The third-order valence-electron chi connectivity index (χ3n) is 6.22. The number of amides is 2. The number of hydrogen-bond acceptors (Lipinski definition) is 4. The van der Waals surface area contributed by atoms with Gasteiger partial charge in [0.25, 0.3) is 0 Å². The van der Waals surface area contributed by atoms with E-state index in [4.69, 9.17) is 5.11 Å². The van der Waals surface area contributed by atoms with E-state index < -0.39 is 12.0 Å². The van der Waals surface area contributed by atoms with Crippen molar-refractivity contribution < 1.29 is 19.5 Å². The molecule has 2 rings (SSSR count). The number of allylic oxidation sites excluding steroid dienone is 2. The molecular weight excluding hydrogens is 400 g/mol. The lowest BCUT2D eigenvalue weighted by Crippen LogP contribution is -2.47. The Hall–Kier alpha value is -1.50. The van der Waals surface area contributed by atoms with Crippen LogP contribution in [0.4, 0.5) is 0 Å². The zero-order chi connectivity index (χ0) is 21.9. The summed E-state index contributed by atoms with van der Waals surface area (Å²) in [5.74, 6) is 0.134. The standard InChI is InChI=1S/C23H38N2O4S/c1-3-4-7-11-21(26)25-16(2)23(29)24-15-18-17(19-13-14-20(18)30-19)10-8-5-6-9-12-22(27)28/h5,8,16-20H,3-4,6-7,9-15H2,1-2H3,(H,24,29)(H,25,26)(H,27,28)/b8-5-. The highest BCUT2D eigenvalue weighted by atomic mass is 32.2. The Labute approximate surface area is 185 Å². The van der Waals surface area contributed by atoms with E-state index in [0.717, 1.165) is 32.1 Å². The number of carboxylic acid groups (broad SMARTS) is 1. The summed E-state index contributed by atoms with van der Waals surface area (Å²) in [6.07, 6.45) is 12.9. The predicted octanol–water partition coefficient (Wildman–Crippen LogP) is 3.90. The van der Waals surface area contributed by atoms with Crippen LogP contribution >= 0.6 is 11.8 Å². The van der Waals surface area contributed by atoms with E-state index in [0.29, 0.717) is 41.7 Å². The van der Waals surface area contributed by atoms with Gasteiger partial charge in [-0.2, -0.15) is 11.8 Å². The van der Waals surface area contributed by atoms with Crippen molar-refractivity contribution >= 4 is 29.5 Å². The molecule has 2 fully saturated rings. The monoisotopic (exact) mass is 438 g/mol. The quantitative estimate of drug-likeness (QED) is 0.282. The van der Waals surface area contributed by atoms with Crippen LogP contribution in [-0.2, 0) is 14.4 Å². The first kappa shape index (κ1) is 24.8. The molecule has 7 heteroatoms. The fourth-order valence-electron chi connectivity index (χ4n) is 4.51. The minimum absolute atomic E-state index is 0.0486. The number of hydrogen-bond donors (Lipinski definition) is 3. The number of nitrogens with one attached hydrogen (secondary N) is 2. The average Bonchev–Trinajstić information content (AvgIpc) is 3.30. The number of carbonyl (C=O) groups excluding carboxylic acids is 2. The molecule has 0 aromatic heterocycles. The van der Waals surface area contributed by atoms with Crippen molar-refractivity contribution in [3.8, 4) is 0 Å². The maximum atomic E-state index is 12.5. The number of fused-ring (bicyclic) bond motifs is 2. The van der Waals surface area contributed by atoms with Crippen LogP contribution in [-0.4, -0.2) is 46.0 Å². The van der Waals surface area contributed by atoms with E-state index >= 15 is 0 Å². The molecule has 2 amide bonds. The van der Waals surface area contributed by atoms with Crippen LogP contribution in [0.3, 0.4) is 0 Å². The molecule has 0 radical (unpaired) electrons. The van der Waals surface area contributed by atoms with E-state index in [9.17, 15) is 14.4 Å². The zero-order valence-corrected chi connectivity index (χ0v) is 19.2. The molecule has 2 saturated heterocycles. The lowest BCUT2D eigenvalue weighted by atomic mass is 9.77. The van der Waals surface area contributed by atoms with Crippen molar-refractivity contribution in [2.45, 2.75) is 94.6 Å². The molecule has 2 aliphatic heterocycles. The molecule has 5 unspecified atom stereocenters. The van der Waals surface area contributed by atoms with E-state index in [1.807, 2.05) is 0 Å². The number of thioether (sulfide) groups is 1. The van der Waals surface area contributed by atoms with Crippen molar-refractivity contribution in [1.82, 2.24) is 10.6 Å². The van der Waals surface area contributed by atoms with Gasteiger partial charge in [-0.15, -0.1) is 0 Å². The second kappa shape index (κ2) is 13.0. The van der Waals surface area contributed by atoms with Gasteiger partial charge in [0.15, 0.2) is 0 Å². The smallest absolute Gasteiger partial charge is 0.303 e. The molecule has 3 N–H and O–H groups in total. The number of unbranched alkanes of at least 4 members (excludes halogenated alkanes) is 3. The second-order valence-corrected chi connectivity index (χ2v) is 10.1. The minimum Gasteiger partial charge on any atom is -0.481 e. The van der Waals surface area contributed by atoms with Gasteiger partial charge in [0.05, 0.1) is 0 Å². The Morgan fingerprint density at radius 1 is 1.07 bits per heavy atom. The average molecular weight is 439 g/mol. The van der Waals surface area contributed by atoms with E-state index in [-0.39, 0.29) is 18.2 Å². The molecule has 0 saturated carbocycles. The summed E-state index contributed by atoms with van der Waals surface area (Å²) in [5.41, 5.74) is 0. The third kappa shape index (κ3) is 7.97. The van der Waals surface area contributed by atoms with Gasteiger partial charge in [-0.3, -0.25) is 14.4 Å². The third-order valence-corrected chi connectivity index (χ3v) is 8.09. The van der Waals surface area contributed by atoms with Crippen LogP contribution in [0.1, 0.15) is 78.1 Å². The molecule has 2 aliphatic rings. The maximum Gasteiger partial charge on any atom is 0.303 e. The van der Waals surface area contributed by atoms with E-state index in [1.54, 1.807) is 6.92 Å². The summed E-state index contributed by atoms with van der Waals surface area (Å²) in [5, 5.41) is 15.9. The van der Waals surface area contributed by atoms with Gasteiger partial charge >= 0.3 is 5.97 Å². The molecule has 0 aliphatic carbocycles. The Morgan fingerprint density at radius 2 is 1.80 bits per heavy atom. The van der Waals surface area contributed by atoms with E-state index in [2.05, 4.69) is 41.5 Å². The highest BCUT2D eigenvalue weighted by molar-refractivity contribution is 8.01. The lowest BCUT2D eigenvalue weighted by Gasteiger charge is -2.29. The topological polar surface area (TPSA) is 95.5 Å². The summed E-state index contributed by atoms with van der Waals surface area (Å²) in [6, 6.07) is -0.502. The minimum atomic E-state index is -0.741. The molecule has 30 heavy (non-hydrogen) atoms. The van der Waals surface area contributed by atoms with Gasteiger partial charge in [-0.1, -0.05) is 31.9 Å². The van der Waals surface area contributed by atoms with Crippen molar-refractivity contribution in [2.75, 3.05) is 6.54 Å². The first-order valence-corrected chi connectivity index (χ1v) is 12.5. The van der Waals surface area contributed by atoms with Gasteiger partial charge in [-0.05, 0) is 57.3 Å². The van der Waals surface area contributed by atoms with Crippen molar-refractivity contribution in [3.05, 3.63) is 12.2 Å². The molecule has 0 spiro atoms. The summed E-state index contributed by atoms with van der Waals surface area (Å²) >= 11 is 2.07.